The SMILES string of the molecule is COc1cc(CNc2cc(C)cc(C)c2)cc(Cl)c1OC. The fourth-order valence-electron chi connectivity index (χ4n) is 2.35. The van der Waals surface area contributed by atoms with Gasteiger partial charge in [0, 0.05) is 12.2 Å². The number of hydrogen-bond acceptors (Lipinski definition) is 3. The summed E-state index contributed by atoms with van der Waals surface area (Å²) < 4.78 is 10.5. The zero-order valence-electron chi connectivity index (χ0n) is 12.8. The van der Waals surface area contributed by atoms with Crippen molar-refractivity contribution in [2.75, 3.05) is 19.5 Å². The molecule has 0 fully saturated rings. The molecule has 1 N–H and O–H groups in total. The standard InChI is InChI=1S/C17H20ClNO2/c1-11-5-12(2)7-14(6-11)19-10-13-8-15(18)17(21-4)16(9-13)20-3/h5-9,19H,10H2,1-4H3. The number of ether oxygens (including phenoxy) is 2. The lowest BCUT2D eigenvalue weighted by molar-refractivity contribution is 0.355. The molecule has 0 aromatic heterocycles. The summed E-state index contributed by atoms with van der Waals surface area (Å²) >= 11 is 6.21. The van der Waals surface area contributed by atoms with E-state index in [1.165, 1.54) is 11.1 Å². The summed E-state index contributed by atoms with van der Waals surface area (Å²) in [7, 11) is 3.19. The highest BCUT2D eigenvalue weighted by molar-refractivity contribution is 6.32. The Morgan fingerprint density at radius 3 is 2.19 bits per heavy atom. The van der Waals surface area contributed by atoms with Gasteiger partial charge in [-0.1, -0.05) is 17.7 Å². The topological polar surface area (TPSA) is 30.5 Å². The molecule has 0 radical (unpaired) electrons. The van der Waals surface area contributed by atoms with Crippen molar-refractivity contribution >= 4 is 17.3 Å². The van der Waals surface area contributed by atoms with E-state index < -0.39 is 0 Å². The van der Waals surface area contributed by atoms with Crippen LogP contribution in [-0.2, 0) is 6.54 Å². The van der Waals surface area contributed by atoms with Crippen molar-refractivity contribution < 1.29 is 9.47 Å². The number of benzene rings is 2. The Hall–Kier alpha value is -1.87. The third-order valence-electron chi connectivity index (χ3n) is 3.21. The van der Waals surface area contributed by atoms with E-state index in [1.807, 2.05) is 12.1 Å². The lowest BCUT2D eigenvalue weighted by Gasteiger charge is -2.13. The van der Waals surface area contributed by atoms with Crippen molar-refractivity contribution in [3.05, 3.63) is 52.0 Å². The van der Waals surface area contributed by atoms with Crippen LogP contribution in [0.4, 0.5) is 5.69 Å². The van der Waals surface area contributed by atoms with Gasteiger partial charge in [0.05, 0.1) is 19.2 Å². The number of rotatable bonds is 5. The molecule has 0 unspecified atom stereocenters. The average Bonchev–Trinajstić information content (AvgIpc) is 2.43. The minimum absolute atomic E-state index is 0.550. The van der Waals surface area contributed by atoms with Gasteiger partial charge in [0.25, 0.3) is 0 Å². The van der Waals surface area contributed by atoms with E-state index in [9.17, 15) is 0 Å². The van der Waals surface area contributed by atoms with Crippen molar-refractivity contribution in [2.45, 2.75) is 20.4 Å². The number of hydrogen-bond donors (Lipinski definition) is 1. The Kier molecular flexibility index (Phi) is 4.97. The van der Waals surface area contributed by atoms with Crippen molar-refractivity contribution in [3.8, 4) is 11.5 Å². The Morgan fingerprint density at radius 1 is 0.952 bits per heavy atom. The Bertz CT molecular complexity index is 621. The molecule has 2 aromatic rings. The zero-order chi connectivity index (χ0) is 15.4. The van der Waals surface area contributed by atoms with E-state index in [0.717, 1.165) is 11.3 Å². The fraction of sp³-hybridized carbons (Fsp3) is 0.294. The van der Waals surface area contributed by atoms with E-state index >= 15 is 0 Å². The molecule has 0 amide bonds. The van der Waals surface area contributed by atoms with Crippen LogP contribution in [-0.4, -0.2) is 14.2 Å². The molecule has 2 rings (SSSR count). The fourth-order valence-corrected chi connectivity index (χ4v) is 2.66. The number of halogens is 1. The van der Waals surface area contributed by atoms with Gasteiger partial charge >= 0.3 is 0 Å². The van der Waals surface area contributed by atoms with E-state index in [4.69, 9.17) is 21.1 Å². The lowest BCUT2D eigenvalue weighted by Crippen LogP contribution is -2.01. The summed E-state index contributed by atoms with van der Waals surface area (Å²) in [5, 5.41) is 3.95. The van der Waals surface area contributed by atoms with Crippen LogP contribution in [0.25, 0.3) is 0 Å². The minimum atomic E-state index is 0.550. The number of methoxy groups -OCH3 is 2. The van der Waals surface area contributed by atoms with Crippen LogP contribution in [0.3, 0.4) is 0 Å². The van der Waals surface area contributed by atoms with E-state index in [1.54, 1.807) is 14.2 Å². The van der Waals surface area contributed by atoms with Crippen molar-refractivity contribution in [2.24, 2.45) is 0 Å². The normalized spacial score (nSPS) is 10.3. The van der Waals surface area contributed by atoms with Crippen molar-refractivity contribution in [1.29, 1.82) is 0 Å². The van der Waals surface area contributed by atoms with Gasteiger partial charge in [0.1, 0.15) is 0 Å². The summed E-state index contributed by atoms with van der Waals surface area (Å²) in [6.45, 7) is 4.85. The van der Waals surface area contributed by atoms with Crippen LogP contribution in [0, 0.1) is 13.8 Å². The minimum Gasteiger partial charge on any atom is -0.493 e. The summed E-state index contributed by atoms with van der Waals surface area (Å²) in [5.41, 5.74) is 4.61. The van der Waals surface area contributed by atoms with Crippen LogP contribution >= 0.6 is 11.6 Å². The summed E-state index contributed by atoms with van der Waals surface area (Å²) in [6.07, 6.45) is 0. The molecule has 0 aliphatic heterocycles. The molecule has 3 nitrogen and oxygen atoms in total. The van der Waals surface area contributed by atoms with Crippen LogP contribution < -0.4 is 14.8 Å². The number of nitrogens with one attached hydrogen (secondary N) is 1. The average molecular weight is 306 g/mol. The summed E-state index contributed by atoms with van der Waals surface area (Å²) in [5.74, 6) is 1.21. The quantitative estimate of drug-likeness (QED) is 0.876. The molecule has 0 aliphatic rings. The molecule has 2 aromatic carbocycles. The third kappa shape index (κ3) is 3.82. The van der Waals surface area contributed by atoms with E-state index in [0.29, 0.717) is 23.1 Å². The molecular formula is C17H20ClNO2. The first kappa shape index (κ1) is 15.5. The highest BCUT2D eigenvalue weighted by Gasteiger charge is 2.10. The largest absolute Gasteiger partial charge is 0.493 e. The second-order valence-electron chi connectivity index (χ2n) is 5.04. The molecule has 0 saturated carbocycles. The molecule has 112 valence electrons. The van der Waals surface area contributed by atoms with E-state index in [-0.39, 0.29) is 0 Å². The molecule has 0 aliphatic carbocycles. The maximum atomic E-state index is 6.21. The number of anilines is 1. The number of aryl methyl sites for hydroxylation is 2. The second kappa shape index (κ2) is 6.72. The monoisotopic (exact) mass is 305 g/mol. The van der Waals surface area contributed by atoms with Gasteiger partial charge in [0.2, 0.25) is 0 Å². The van der Waals surface area contributed by atoms with E-state index in [2.05, 4.69) is 37.4 Å². The smallest absolute Gasteiger partial charge is 0.179 e. The highest BCUT2D eigenvalue weighted by atomic mass is 35.5. The molecular weight excluding hydrogens is 286 g/mol. The van der Waals surface area contributed by atoms with Crippen LogP contribution in [0.2, 0.25) is 5.02 Å². The van der Waals surface area contributed by atoms with Crippen LogP contribution in [0.1, 0.15) is 16.7 Å². The van der Waals surface area contributed by atoms with Crippen molar-refractivity contribution in [1.82, 2.24) is 0 Å². The molecule has 4 heteroatoms. The van der Waals surface area contributed by atoms with Gasteiger partial charge in [-0.05, 0) is 54.8 Å². The second-order valence-corrected chi connectivity index (χ2v) is 5.45. The summed E-state index contributed by atoms with van der Waals surface area (Å²) in [4.78, 5) is 0. The molecule has 0 spiro atoms. The van der Waals surface area contributed by atoms with Gasteiger partial charge < -0.3 is 14.8 Å². The zero-order valence-corrected chi connectivity index (χ0v) is 13.5. The highest BCUT2D eigenvalue weighted by Crippen LogP contribution is 2.36. The third-order valence-corrected chi connectivity index (χ3v) is 3.49. The molecule has 0 atom stereocenters. The van der Waals surface area contributed by atoms with Crippen LogP contribution in [0.15, 0.2) is 30.3 Å². The predicted octanol–water partition coefficient (Wildman–Crippen LogP) is 4.59. The van der Waals surface area contributed by atoms with Gasteiger partial charge in [-0.3, -0.25) is 0 Å². The van der Waals surface area contributed by atoms with Crippen molar-refractivity contribution in [3.63, 3.8) is 0 Å². The lowest BCUT2D eigenvalue weighted by atomic mass is 10.1. The first-order valence-corrected chi connectivity index (χ1v) is 7.14. The Labute approximate surface area is 130 Å². The first-order chi connectivity index (χ1) is 10.0. The molecule has 0 saturated heterocycles. The predicted molar refractivity (Wildman–Crippen MR) is 87.8 cm³/mol. The van der Waals surface area contributed by atoms with Gasteiger partial charge in [-0.25, -0.2) is 0 Å². The van der Waals surface area contributed by atoms with Gasteiger partial charge in [-0.15, -0.1) is 0 Å². The molecule has 0 heterocycles. The Balaban J connectivity index is 2.18. The molecule has 21 heavy (non-hydrogen) atoms. The van der Waals surface area contributed by atoms with Gasteiger partial charge in [0.15, 0.2) is 11.5 Å². The molecule has 0 bridgehead atoms. The van der Waals surface area contributed by atoms with Gasteiger partial charge in [-0.2, -0.15) is 0 Å². The first-order valence-electron chi connectivity index (χ1n) is 6.76. The maximum absolute atomic E-state index is 6.21. The summed E-state index contributed by atoms with van der Waals surface area (Å²) in [6, 6.07) is 10.2. The maximum Gasteiger partial charge on any atom is 0.179 e. The Morgan fingerprint density at radius 2 is 1.62 bits per heavy atom. The van der Waals surface area contributed by atoms with Crippen LogP contribution in [0.5, 0.6) is 11.5 Å².